The Labute approximate surface area is 106 Å². The Balaban J connectivity index is 1.83. The van der Waals surface area contributed by atoms with Crippen LogP contribution in [-0.4, -0.2) is 19.6 Å². The third kappa shape index (κ3) is 2.88. The fourth-order valence-corrected chi connectivity index (χ4v) is 2.43. The topological polar surface area (TPSA) is 38.3 Å². The van der Waals surface area contributed by atoms with Gasteiger partial charge in [-0.2, -0.15) is 0 Å². The lowest BCUT2D eigenvalue weighted by Crippen LogP contribution is -2.21. The molecule has 0 amide bonds. The fraction of sp³-hybridized carbons (Fsp3) is 0.500. The molecule has 4 heteroatoms. The highest BCUT2D eigenvalue weighted by Crippen LogP contribution is 2.32. The largest absolute Gasteiger partial charge is 0.469 e. The van der Waals surface area contributed by atoms with E-state index in [1.807, 2.05) is 6.07 Å². The second kappa shape index (κ2) is 5.96. The Morgan fingerprint density at radius 3 is 3.17 bits per heavy atom. The van der Waals surface area contributed by atoms with E-state index in [1.54, 1.807) is 6.07 Å². The van der Waals surface area contributed by atoms with Crippen molar-refractivity contribution in [2.24, 2.45) is 0 Å². The molecule has 1 aliphatic carbocycles. The Bertz CT molecular complexity index is 434. The summed E-state index contributed by atoms with van der Waals surface area (Å²) in [5, 5.41) is 3.37. The Morgan fingerprint density at radius 1 is 1.56 bits per heavy atom. The molecule has 1 aromatic rings. The number of esters is 1. The van der Waals surface area contributed by atoms with E-state index in [2.05, 4.69) is 10.1 Å². The number of ether oxygens (including phenoxy) is 1. The van der Waals surface area contributed by atoms with Gasteiger partial charge in [-0.25, -0.2) is 4.39 Å². The summed E-state index contributed by atoms with van der Waals surface area (Å²) in [5.41, 5.74) is 1.90. The molecule has 2 rings (SSSR count). The summed E-state index contributed by atoms with van der Waals surface area (Å²) < 4.78 is 18.1. The summed E-state index contributed by atoms with van der Waals surface area (Å²) in [6.45, 7) is 0.746. The molecule has 0 heterocycles. The summed E-state index contributed by atoms with van der Waals surface area (Å²) in [6.07, 6.45) is 2.88. The van der Waals surface area contributed by atoms with Crippen molar-refractivity contribution in [3.63, 3.8) is 0 Å². The molecule has 0 saturated carbocycles. The van der Waals surface area contributed by atoms with Gasteiger partial charge in [0.1, 0.15) is 5.82 Å². The molecule has 3 nitrogen and oxygen atoms in total. The number of hydrogen-bond acceptors (Lipinski definition) is 3. The first-order valence-electron chi connectivity index (χ1n) is 6.30. The van der Waals surface area contributed by atoms with Crippen LogP contribution in [0, 0.1) is 5.82 Å². The maximum Gasteiger partial charge on any atom is 0.305 e. The van der Waals surface area contributed by atoms with Gasteiger partial charge in [-0.1, -0.05) is 12.1 Å². The molecule has 1 unspecified atom stereocenters. The maximum absolute atomic E-state index is 13.5. The van der Waals surface area contributed by atoms with Crippen LogP contribution in [0.3, 0.4) is 0 Å². The number of fused-ring (bicyclic) bond motifs is 1. The van der Waals surface area contributed by atoms with Crippen LogP contribution in [0.15, 0.2) is 18.2 Å². The third-order valence-corrected chi connectivity index (χ3v) is 3.39. The van der Waals surface area contributed by atoms with Crippen molar-refractivity contribution in [1.82, 2.24) is 5.32 Å². The second-order valence-electron chi connectivity index (χ2n) is 4.53. The summed E-state index contributed by atoms with van der Waals surface area (Å²) in [6, 6.07) is 5.46. The number of rotatable bonds is 5. The number of nitrogens with one attached hydrogen (secondary N) is 1. The van der Waals surface area contributed by atoms with Gasteiger partial charge in [0.15, 0.2) is 0 Å². The highest BCUT2D eigenvalue weighted by Gasteiger charge is 2.23. The van der Waals surface area contributed by atoms with E-state index in [9.17, 15) is 9.18 Å². The van der Waals surface area contributed by atoms with Crippen LogP contribution in [0.1, 0.15) is 36.4 Å². The van der Waals surface area contributed by atoms with Crippen molar-refractivity contribution in [2.75, 3.05) is 13.7 Å². The van der Waals surface area contributed by atoms with Crippen LogP contribution in [0.5, 0.6) is 0 Å². The van der Waals surface area contributed by atoms with Crippen molar-refractivity contribution in [3.05, 3.63) is 35.1 Å². The second-order valence-corrected chi connectivity index (χ2v) is 4.53. The standard InChI is InChI=1S/C14H18FNO2/c1-18-14(17)6-3-9-16-13-8-7-10-11(13)4-2-5-12(10)15/h2,4-5,13,16H,3,6-9H2,1H3. The molecule has 0 aromatic heterocycles. The molecule has 0 spiro atoms. The van der Waals surface area contributed by atoms with E-state index >= 15 is 0 Å². The molecule has 98 valence electrons. The Kier molecular flexibility index (Phi) is 4.31. The van der Waals surface area contributed by atoms with Crippen LogP contribution in [0.4, 0.5) is 4.39 Å². The zero-order valence-corrected chi connectivity index (χ0v) is 10.5. The SMILES string of the molecule is COC(=O)CCCNC1CCc2c(F)cccc21. The summed E-state index contributed by atoms with van der Waals surface area (Å²) >= 11 is 0. The summed E-state index contributed by atoms with van der Waals surface area (Å²) in [4.78, 5) is 11.0. The number of carbonyl (C=O) groups is 1. The molecular formula is C14H18FNO2. The lowest BCUT2D eigenvalue weighted by Gasteiger charge is -2.13. The first-order chi connectivity index (χ1) is 8.72. The van der Waals surface area contributed by atoms with Gasteiger partial charge in [0.2, 0.25) is 0 Å². The minimum absolute atomic E-state index is 0.105. The Hall–Kier alpha value is -1.42. The normalized spacial score (nSPS) is 17.6. The van der Waals surface area contributed by atoms with Crippen LogP contribution in [-0.2, 0) is 16.0 Å². The molecule has 1 atom stereocenters. The van der Waals surface area contributed by atoms with Crippen molar-refractivity contribution in [3.8, 4) is 0 Å². The van der Waals surface area contributed by atoms with Gasteiger partial charge in [0, 0.05) is 12.5 Å². The van der Waals surface area contributed by atoms with Crippen molar-refractivity contribution < 1.29 is 13.9 Å². The lowest BCUT2D eigenvalue weighted by atomic mass is 10.1. The Morgan fingerprint density at radius 2 is 2.39 bits per heavy atom. The van der Waals surface area contributed by atoms with Crippen LogP contribution < -0.4 is 5.32 Å². The molecular weight excluding hydrogens is 233 g/mol. The predicted molar refractivity (Wildman–Crippen MR) is 66.7 cm³/mol. The summed E-state index contributed by atoms with van der Waals surface area (Å²) in [7, 11) is 1.39. The molecule has 0 fully saturated rings. The minimum atomic E-state index is -0.185. The molecule has 0 aliphatic heterocycles. The predicted octanol–water partition coefficient (Wildman–Crippen LogP) is 2.36. The van der Waals surface area contributed by atoms with Crippen molar-refractivity contribution >= 4 is 5.97 Å². The highest BCUT2D eigenvalue weighted by molar-refractivity contribution is 5.69. The number of carbonyl (C=O) groups excluding carboxylic acids is 1. The average molecular weight is 251 g/mol. The molecule has 1 N–H and O–H groups in total. The molecule has 18 heavy (non-hydrogen) atoms. The maximum atomic E-state index is 13.5. The van der Waals surface area contributed by atoms with E-state index in [0.717, 1.165) is 36.9 Å². The van der Waals surface area contributed by atoms with Crippen molar-refractivity contribution in [1.29, 1.82) is 0 Å². The minimum Gasteiger partial charge on any atom is -0.469 e. The van der Waals surface area contributed by atoms with Gasteiger partial charge >= 0.3 is 5.97 Å². The van der Waals surface area contributed by atoms with Gasteiger partial charge in [0.25, 0.3) is 0 Å². The van der Waals surface area contributed by atoms with Crippen LogP contribution in [0.25, 0.3) is 0 Å². The van der Waals surface area contributed by atoms with Gasteiger partial charge in [-0.3, -0.25) is 4.79 Å². The number of methoxy groups -OCH3 is 1. The van der Waals surface area contributed by atoms with Crippen molar-refractivity contribution in [2.45, 2.75) is 31.7 Å². The van der Waals surface area contributed by atoms with Gasteiger partial charge in [-0.05, 0) is 43.0 Å². The molecule has 1 aromatic carbocycles. The van der Waals surface area contributed by atoms with Gasteiger partial charge in [-0.15, -0.1) is 0 Å². The summed E-state index contributed by atoms with van der Waals surface area (Å²) in [5.74, 6) is -0.291. The van der Waals surface area contributed by atoms with Crippen LogP contribution in [0.2, 0.25) is 0 Å². The lowest BCUT2D eigenvalue weighted by molar-refractivity contribution is -0.140. The zero-order chi connectivity index (χ0) is 13.0. The van der Waals surface area contributed by atoms with Gasteiger partial charge in [0.05, 0.1) is 7.11 Å². The number of benzene rings is 1. The van der Waals surface area contributed by atoms with E-state index in [-0.39, 0.29) is 17.8 Å². The van der Waals surface area contributed by atoms with E-state index in [1.165, 1.54) is 13.2 Å². The molecule has 0 bridgehead atoms. The molecule has 1 aliphatic rings. The molecule has 0 radical (unpaired) electrons. The first-order valence-corrected chi connectivity index (χ1v) is 6.30. The molecule has 0 saturated heterocycles. The smallest absolute Gasteiger partial charge is 0.305 e. The zero-order valence-electron chi connectivity index (χ0n) is 10.5. The third-order valence-electron chi connectivity index (χ3n) is 3.39. The number of hydrogen-bond donors (Lipinski definition) is 1. The first kappa shape index (κ1) is 13.0. The van der Waals surface area contributed by atoms with Crippen LogP contribution >= 0.6 is 0 Å². The van der Waals surface area contributed by atoms with E-state index < -0.39 is 0 Å². The quantitative estimate of drug-likeness (QED) is 0.645. The van der Waals surface area contributed by atoms with E-state index in [4.69, 9.17) is 0 Å². The average Bonchev–Trinajstić information content (AvgIpc) is 2.79. The fourth-order valence-electron chi connectivity index (χ4n) is 2.43. The monoisotopic (exact) mass is 251 g/mol. The van der Waals surface area contributed by atoms with Gasteiger partial charge < -0.3 is 10.1 Å². The highest BCUT2D eigenvalue weighted by atomic mass is 19.1. The number of halogens is 1. The van der Waals surface area contributed by atoms with E-state index in [0.29, 0.717) is 6.42 Å².